The summed E-state index contributed by atoms with van der Waals surface area (Å²) in [6.45, 7) is 0. The van der Waals surface area contributed by atoms with Crippen molar-refractivity contribution in [3.05, 3.63) is 30.5 Å². The largest absolute Gasteiger partial charge is 0.364 e. The summed E-state index contributed by atoms with van der Waals surface area (Å²) < 4.78 is 4.70. The number of nitrogens with zero attached hydrogens (tertiary/aromatic N) is 1. The van der Waals surface area contributed by atoms with Crippen LogP contribution in [-0.2, 0) is 0 Å². The van der Waals surface area contributed by atoms with E-state index in [1.807, 2.05) is 24.3 Å². The monoisotopic (exact) mass is 119 g/mol. The van der Waals surface area contributed by atoms with E-state index in [1.54, 1.807) is 6.26 Å². The van der Waals surface area contributed by atoms with Crippen molar-refractivity contribution in [3.63, 3.8) is 0 Å². The molecule has 0 saturated carbocycles. The minimum Gasteiger partial charge on any atom is -0.364 e. The first-order valence-corrected chi connectivity index (χ1v) is 2.76. The number of aromatic nitrogens is 1. The van der Waals surface area contributed by atoms with Crippen LogP contribution in [0.4, 0.5) is 0 Å². The summed E-state index contributed by atoms with van der Waals surface area (Å²) in [5, 5.41) is 3.77. The topological polar surface area (TPSA) is 26.0 Å². The van der Waals surface area contributed by atoms with E-state index in [9.17, 15) is 0 Å². The Morgan fingerprint density at radius 1 is 1.22 bits per heavy atom. The van der Waals surface area contributed by atoms with Crippen LogP contribution in [0, 0.1) is 0 Å². The molecule has 2 aliphatic rings. The van der Waals surface area contributed by atoms with Crippen LogP contribution in [-0.4, -0.2) is 5.16 Å². The third-order valence-electron chi connectivity index (χ3n) is 1.29. The van der Waals surface area contributed by atoms with Gasteiger partial charge in [-0.05, 0) is 12.1 Å². The van der Waals surface area contributed by atoms with E-state index in [0.717, 1.165) is 11.3 Å². The zero-order chi connectivity index (χ0) is 6.10. The van der Waals surface area contributed by atoms with E-state index >= 15 is 0 Å². The van der Waals surface area contributed by atoms with Crippen molar-refractivity contribution >= 4 is 0 Å². The second kappa shape index (κ2) is 1.58. The van der Waals surface area contributed by atoms with Gasteiger partial charge >= 0.3 is 0 Å². The van der Waals surface area contributed by atoms with Crippen LogP contribution < -0.4 is 0 Å². The molecule has 0 amide bonds. The van der Waals surface area contributed by atoms with Crippen LogP contribution in [0.3, 0.4) is 0 Å². The van der Waals surface area contributed by atoms with Crippen LogP contribution in [0.2, 0.25) is 0 Å². The highest BCUT2D eigenvalue weighted by Crippen LogP contribution is 2.17. The number of fused-ring (bicyclic) bond motifs is 1. The summed E-state index contributed by atoms with van der Waals surface area (Å²) in [6.07, 6.45) is 1.57. The maximum absolute atomic E-state index is 4.70. The third kappa shape index (κ3) is 0.598. The van der Waals surface area contributed by atoms with Gasteiger partial charge < -0.3 is 4.52 Å². The molecule has 2 heteroatoms. The van der Waals surface area contributed by atoms with Crippen molar-refractivity contribution in [3.8, 4) is 11.3 Å². The Bertz CT molecular complexity index is 249. The molecule has 0 aromatic heterocycles. The van der Waals surface area contributed by atoms with Crippen molar-refractivity contribution < 1.29 is 4.52 Å². The molecule has 1 aliphatic carbocycles. The van der Waals surface area contributed by atoms with Gasteiger partial charge in [0, 0.05) is 5.56 Å². The standard InChI is InChI=1S/C7H5NO/c1-2-6-4-5-9-8-7(6)3-1/h1-5H. The molecule has 0 atom stereocenters. The fourth-order valence-electron chi connectivity index (χ4n) is 0.840. The lowest BCUT2D eigenvalue weighted by Crippen LogP contribution is -1.75. The predicted molar refractivity (Wildman–Crippen MR) is 33.1 cm³/mol. The molecule has 2 nitrogen and oxygen atoms in total. The van der Waals surface area contributed by atoms with E-state index in [0.29, 0.717) is 0 Å². The summed E-state index contributed by atoms with van der Waals surface area (Å²) >= 11 is 0. The molecule has 0 aromatic rings. The zero-order valence-corrected chi connectivity index (χ0v) is 4.74. The van der Waals surface area contributed by atoms with E-state index in [2.05, 4.69) is 5.16 Å². The molecule has 2 rings (SSSR count). The zero-order valence-electron chi connectivity index (χ0n) is 4.74. The molecule has 0 fully saturated rings. The van der Waals surface area contributed by atoms with Crippen molar-refractivity contribution in [1.29, 1.82) is 0 Å². The van der Waals surface area contributed by atoms with E-state index in [4.69, 9.17) is 4.52 Å². The van der Waals surface area contributed by atoms with E-state index in [1.165, 1.54) is 0 Å². The van der Waals surface area contributed by atoms with E-state index < -0.39 is 0 Å². The molecule has 1 aliphatic heterocycles. The van der Waals surface area contributed by atoms with Crippen molar-refractivity contribution in [2.75, 3.05) is 0 Å². The Morgan fingerprint density at radius 3 is 3.11 bits per heavy atom. The number of hydrogen-bond acceptors (Lipinski definition) is 2. The first kappa shape index (κ1) is 4.56. The van der Waals surface area contributed by atoms with Crippen LogP contribution in [0.1, 0.15) is 0 Å². The Labute approximate surface area is 52.4 Å². The second-order valence-electron chi connectivity index (χ2n) is 1.87. The molecule has 9 heavy (non-hydrogen) atoms. The molecule has 1 heterocycles. The molecule has 44 valence electrons. The van der Waals surface area contributed by atoms with Gasteiger partial charge in [-0.3, -0.25) is 0 Å². The molecule has 0 unspecified atom stereocenters. The van der Waals surface area contributed by atoms with Crippen LogP contribution in [0.5, 0.6) is 0 Å². The molecule has 0 aromatic carbocycles. The van der Waals surface area contributed by atoms with Gasteiger partial charge in [0.2, 0.25) is 0 Å². The minimum absolute atomic E-state index is 0.914. The normalized spacial score (nSPS) is 10.2. The number of rotatable bonds is 0. The minimum atomic E-state index is 0.914. The van der Waals surface area contributed by atoms with Crippen LogP contribution in [0.25, 0.3) is 11.3 Å². The van der Waals surface area contributed by atoms with Gasteiger partial charge in [-0.15, -0.1) is 0 Å². The quantitative estimate of drug-likeness (QED) is 0.528. The van der Waals surface area contributed by atoms with Crippen LogP contribution >= 0.6 is 0 Å². The van der Waals surface area contributed by atoms with Gasteiger partial charge in [-0.1, -0.05) is 17.3 Å². The third-order valence-corrected chi connectivity index (χ3v) is 1.29. The van der Waals surface area contributed by atoms with Crippen molar-refractivity contribution in [2.24, 2.45) is 0 Å². The Hall–Kier alpha value is -1.31. The van der Waals surface area contributed by atoms with Gasteiger partial charge in [0.1, 0.15) is 12.0 Å². The first-order chi connectivity index (χ1) is 4.47. The Morgan fingerprint density at radius 2 is 2.22 bits per heavy atom. The summed E-state index contributed by atoms with van der Waals surface area (Å²) in [6, 6.07) is 7.76. The smallest absolute Gasteiger partial charge is 0.122 e. The molecule has 0 N–H and O–H groups in total. The lowest BCUT2D eigenvalue weighted by molar-refractivity contribution is 0.403. The molecular weight excluding hydrogens is 114 g/mol. The molecular formula is C7H5NO. The summed E-state index contributed by atoms with van der Waals surface area (Å²) in [4.78, 5) is 0. The van der Waals surface area contributed by atoms with Crippen molar-refractivity contribution in [1.82, 2.24) is 5.16 Å². The summed E-state index contributed by atoms with van der Waals surface area (Å²) in [5.74, 6) is 0. The number of hydrogen-bond donors (Lipinski definition) is 0. The molecule has 0 spiro atoms. The first-order valence-electron chi connectivity index (χ1n) is 2.76. The van der Waals surface area contributed by atoms with Gasteiger partial charge in [0.05, 0.1) is 0 Å². The second-order valence-corrected chi connectivity index (χ2v) is 1.87. The highest BCUT2D eigenvalue weighted by Gasteiger charge is 1.99. The average Bonchev–Trinajstić information content (AvgIpc) is 2.33. The maximum Gasteiger partial charge on any atom is 0.122 e. The summed E-state index contributed by atoms with van der Waals surface area (Å²) in [7, 11) is 0. The lowest BCUT2D eigenvalue weighted by atomic mass is 10.3. The predicted octanol–water partition coefficient (Wildman–Crippen LogP) is 1.78. The molecule has 0 saturated heterocycles. The maximum atomic E-state index is 4.70. The molecule has 0 radical (unpaired) electrons. The summed E-state index contributed by atoms with van der Waals surface area (Å²) in [5.41, 5.74) is 2.04. The molecule has 0 bridgehead atoms. The SMILES string of the molecule is c1cc2cconc-2c1. The Kier molecular flexibility index (Phi) is 0.803. The average molecular weight is 119 g/mol. The Balaban J connectivity index is 2.79. The highest BCUT2D eigenvalue weighted by atomic mass is 16.4. The van der Waals surface area contributed by atoms with Gasteiger partial charge in [0.25, 0.3) is 0 Å². The highest BCUT2D eigenvalue weighted by molar-refractivity contribution is 5.60. The fourth-order valence-corrected chi connectivity index (χ4v) is 0.840. The van der Waals surface area contributed by atoms with Crippen molar-refractivity contribution in [2.45, 2.75) is 0 Å². The van der Waals surface area contributed by atoms with Gasteiger partial charge in [-0.2, -0.15) is 0 Å². The van der Waals surface area contributed by atoms with Gasteiger partial charge in [-0.25, -0.2) is 0 Å². The van der Waals surface area contributed by atoms with Gasteiger partial charge in [0.15, 0.2) is 0 Å². The van der Waals surface area contributed by atoms with E-state index in [-0.39, 0.29) is 0 Å². The lowest BCUT2D eigenvalue weighted by Gasteiger charge is -1.89. The van der Waals surface area contributed by atoms with Crippen LogP contribution in [0.15, 0.2) is 35.1 Å². The fraction of sp³-hybridized carbons (Fsp3) is 0.